The lowest BCUT2D eigenvalue weighted by atomic mass is 9.83. The lowest BCUT2D eigenvalue weighted by Gasteiger charge is -2.31. The van der Waals surface area contributed by atoms with E-state index in [1.807, 2.05) is 66.1 Å². The van der Waals surface area contributed by atoms with Gasteiger partial charge in [0.1, 0.15) is 12.4 Å². The molecule has 1 aliphatic heterocycles. The van der Waals surface area contributed by atoms with Crippen molar-refractivity contribution in [2.75, 3.05) is 13.7 Å². The topological polar surface area (TPSA) is 62.0 Å². The van der Waals surface area contributed by atoms with Crippen molar-refractivity contribution in [3.05, 3.63) is 162 Å². The summed E-state index contributed by atoms with van der Waals surface area (Å²) in [4.78, 5) is 20.1. The third-order valence-corrected chi connectivity index (χ3v) is 10.1. The van der Waals surface area contributed by atoms with Gasteiger partial charge in [0.2, 0.25) is 0 Å². The van der Waals surface area contributed by atoms with E-state index in [1.165, 1.54) is 27.7 Å². The van der Waals surface area contributed by atoms with Crippen LogP contribution >= 0.6 is 11.3 Å². The molecule has 0 amide bonds. The van der Waals surface area contributed by atoms with Gasteiger partial charge in [-0.3, -0.25) is 9.36 Å². The Morgan fingerprint density at radius 3 is 2.60 bits per heavy atom. The van der Waals surface area contributed by atoms with E-state index in [9.17, 15) is 4.79 Å². The van der Waals surface area contributed by atoms with Gasteiger partial charge in [0.25, 0.3) is 5.56 Å². The number of hydrogen-bond donors (Lipinski definition) is 0. The molecule has 0 N–H and O–H groups in total. The molecule has 0 saturated heterocycles. The molecule has 1 atom stereocenters. The van der Waals surface area contributed by atoms with Crippen molar-refractivity contribution in [2.24, 2.45) is 4.99 Å². The molecule has 238 valence electrons. The zero-order valence-electron chi connectivity index (χ0n) is 26.8. The van der Waals surface area contributed by atoms with E-state index < -0.39 is 0 Å². The number of aryl methyl sites for hydroxylation is 1. The third-order valence-electron chi connectivity index (χ3n) is 9.11. The minimum absolute atomic E-state index is 0.0637. The normalized spacial score (nSPS) is 15.4. The first-order chi connectivity index (χ1) is 23.6. The van der Waals surface area contributed by atoms with Gasteiger partial charge in [-0.2, -0.15) is 0 Å². The van der Waals surface area contributed by atoms with Crippen LogP contribution in [-0.4, -0.2) is 18.3 Å². The first-order valence-electron chi connectivity index (χ1n) is 16.2. The minimum atomic E-state index is -0.273. The Kier molecular flexibility index (Phi) is 7.90. The molecule has 48 heavy (non-hydrogen) atoms. The molecule has 5 aromatic carbocycles. The van der Waals surface area contributed by atoms with Gasteiger partial charge in [0.15, 0.2) is 16.3 Å². The fourth-order valence-electron chi connectivity index (χ4n) is 6.86. The molecule has 6 aromatic rings. The number of methoxy groups -OCH3 is 1. The summed E-state index contributed by atoms with van der Waals surface area (Å²) >= 11 is 1.42. The second kappa shape index (κ2) is 12.7. The van der Waals surface area contributed by atoms with Crippen molar-refractivity contribution < 1.29 is 14.2 Å². The molecule has 2 heterocycles. The number of thiazole rings is 1. The summed E-state index contributed by atoms with van der Waals surface area (Å²) in [5, 5.41) is 2.35. The maximum absolute atomic E-state index is 14.3. The van der Waals surface area contributed by atoms with Gasteiger partial charge >= 0.3 is 0 Å². The molecule has 0 radical (unpaired) electrons. The van der Waals surface area contributed by atoms with Crippen molar-refractivity contribution in [1.82, 2.24) is 4.57 Å². The van der Waals surface area contributed by atoms with E-state index in [-0.39, 0.29) is 11.6 Å². The largest absolute Gasteiger partial charge is 0.497 e. The molecule has 2 aliphatic rings. The summed E-state index contributed by atoms with van der Waals surface area (Å²) in [5.41, 5.74) is 7.47. The van der Waals surface area contributed by atoms with E-state index in [1.54, 1.807) is 7.11 Å². The summed E-state index contributed by atoms with van der Waals surface area (Å²) in [6.45, 7) is 2.86. The molecule has 1 aromatic heterocycles. The quantitative estimate of drug-likeness (QED) is 0.172. The second-order valence-corrected chi connectivity index (χ2v) is 13.0. The van der Waals surface area contributed by atoms with Crippen LogP contribution < -0.4 is 29.1 Å². The Labute approximate surface area is 282 Å². The Hall–Kier alpha value is -5.40. The number of nitrogens with zero attached hydrogens (tertiary/aromatic N) is 2. The van der Waals surface area contributed by atoms with Crippen molar-refractivity contribution in [3.8, 4) is 17.2 Å². The van der Waals surface area contributed by atoms with E-state index in [0.717, 1.165) is 52.1 Å². The Morgan fingerprint density at radius 2 is 1.71 bits per heavy atom. The number of fused-ring (bicyclic) bond motifs is 4. The smallest absolute Gasteiger partial charge is 0.271 e. The highest BCUT2D eigenvalue weighted by molar-refractivity contribution is 7.07. The summed E-state index contributed by atoms with van der Waals surface area (Å²) < 4.78 is 20.4. The first-order valence-corrected chi connectivity index (χ1v) is 17.1. The highest BCUT2D eigenvalue weighted by Crippen LogP contribution is 2.41. The molecule has 8 rings (SSSR count). The van der Waals surface area contributed by atoms with Crippen LogP contribution in [0.2, 0.25) is 0 Å². The van der Waals surface area contributed by atoms with E-state index in [2.05, 4.69) is 60.7 Å². The van der Waals surface area contributed by atoms with Gasteiger partial charge < -0.3 is 14.2 Å². The highest BCUT2D eigenvalue weighted by Gasteiger charge is 2.32. The van der Waals surface area contributed by atoms with E-state index >= 15 is 0 Å². The van der Waals surface area contributed by atoms with Crippen LogP contribution in [0.5, 0.6) is 17.2 Å². The zero-order chi connectivity index (χ0) is 32.6. The van der Waals surface area contributed by atoms with Crippen molar-refractivity contribution >= 4 is 33.9 Å². The summed E-state index contributed by atoms with van der Waals surface area (Å²) in [7, 11) is 1.67. The van der Waals surface area contributed by atoms with Gasteiger partial charge in [-0.15, -0.1) is 0 Å². The molecule has 0 spiro atoms. The molecular weight excluding hydrogens is 617 g/mol. The van der Waals surface area contributed by atoms with Crippen molar-refractivity contribution in [2.45, 2.75) is 32.4 Å². The van der Waals surface area contributed by atoms with Crippen LogP contribution in [0.15, 0.2) is 125 Å². The van der Waals surface area contributed by atoms with Crippen LogP contribution in [0.4, 0.5) is 0 Å². The fraction of sp³-hybridized carbons (Fsp3) is 0.171. The molecule has 7 heteroatoms. The molecule has 0 saturated carbocycles. The first kappa shape index (κ1) is 30.0. The fourth-order valence-corrected chi connectivity index (χ4v) is 7.86. The lowest BCUT2D eigenvalue weighted by molar-refractivity contribution is 0.270. The van der Waals surface area contributed by atoms with E-state index in [4.69, 9.17) is 19.2 Å². The van der Waals surface area contributed by atoms with Gasteiger partial charge in [-0.25, -0.2) is 4.99 Å². The van der Waals surface area contributed by atoms with Gasteiger partial charge in [-0.05, 0) is 88.7 Å². The molecular formula is C41H34N2O4S. The number of aromatic nitrogens is 1. The van der Waals surface area contributed by atoms with Crippen molar-refractivity contribution in [1.29, 1.82) is 0 Å². The number of hydrogen-bond acceptors (Lipinski definition) is 6. The molecule has 0 fully saturated rings. The maximum atomic E-state index is 14.3. The number of rotatable bonds is 8. The molecule has 1 unspecified atom stereocenters. The number of allylic oxidation sites excluding steroid dienone is 1. The summed E-state index contributed by atoms with van der Waals surface area (Å²) in [5.74, 6) is 2.06. The summed E-state index contributed by atoms with van der Waals surface area (Å²) in [6.07, 6.45) is 3.67. The van der Waals surface area contributed by atoms with Crippen LogP contribution in [-0.2, 0) is 13.0 Å². The Bertz CT molecular complexity index is 2400. The SMILES string of the molecule is CCOc1cc(/C=c2/sc3n(c2=O)C(c2cccc(OC)c2)C2=C(N=3)c3ccccc3CC2)ccc1OCc1cccc2ccccc12. The maximum Gasteiger partial charge on any atom is 0.271 e. The predicted molar refractivity (Wildman–Crippen MR) is 192 cm³/mol. The minimum Gasteiger partial charge on any atom is -0.497 e. The van der Waals surface area contributed by atoms with Gasteiger partial charge in [-0.1, -0.05) is 96.3 Å². The highest BCUT2D eigenvalue weighted by atomic mass is 32.1. The zero-order valence-corrected chi connectivity index (χ0v) is 27.6. The lowest BCUT2D eigenvalue weighted by Crippen LogP contribution is -2.38. The molecule has 0 bridgehead atoms. The third kappa shape index (κ3) is 5.40. The Morgan fingerprint density at radius 1 is 0.875 bits per heavy atom. The summed E-state index contributed by atoms with van der Waals surface area (Å²) in [6, 6.07) is 36.6. The standard InChI is InChI=1S/C41H34N2O4S/c1-3-46-36-22-26(18-21-35(36)47-25-30-14-8-12-27-10-4-6-16-32(27)30)23-37-40(44)43-39(29-13-9-15-31(24-29)45-2)34-20-19-28-11-5-7-17-33(28)38(34)42-41(43)48-37/h4-18,21-24,39H,3,19-20,25H2,1-2H3/b37-23+. The van der Waals surface area contributed by atoms with Gasteiger partial charge in [0, 0.05) is 5.56 Å². The van der Waals surface area contributed by atoms with Crippen LogP contribution in [0.1, 0.15) is 47.2 Å². The van der Waals surface area contributed by atoms with Crippen LogP contribution in [0.25, 0.3) is 22.5 Å². The van der Waals surface area contributed by atoms with Crippen molar-refractivity contribution in [3.63, 3.8) is 0 Å². The average molecular weight is 651 g/mol. The van der Waals surface area contributed by atoms with E-state index in [0.29, 0.717) is 34.0 Å². The molecule has 6 nitrogen and oxygen atoms in total. The van der Waals surface area contributed by atoms with Crippen LogP contribution in [0, 0.1) is 0 Å². The second-order valence-electron chi connectivity index (χ2n) is 12.0. The molecule has 1 aliphatic carbocycles. The Balaban J connectivity index is 1.20. The van der Waals surface area contributed by atoms with Crippen LogP contribution in [0.3, 0.4) is 0 Å². The predicted octanol–water partition coefficient (Wildman–Crippen LogP) is 7.46. The average Bonchev–Trinajstić information content (AvgIpc) is 3.44. The van der Waals surface area contributed by atoms with Gasteiger partial charge in [0.05, 0.1) is 30.0 Å². The monoisotopic (exact) mass is 650 g/mol. The number of ether oxygens (including phenoxy) is 3. The number of benzene rings is 5.